The molecule has 114 valence electrons. The molecular formula is C13H17N3O4S. The van der Waals surface area contributed by atoms with Crippen LogP contribution in [0.2, 0.25) is 0 Å². The highest BCUT2D eigenvalue weighted by Gasteiger charge is 2.21. The van der Waals surface area contributed by atoms with Crippen molar-refractivity contribution >= 4 is 15.7 Å². The third-order valence-corrected chi connectivity index (χ3v) is 4.31. The van der Waals surface area contributed by atoms with Gasteiger partial charge in [0.1, 0.15) is 0 Å². The summed E-state index contributed by atoms with van der Waals surface area (Å²) in [5.74, 6) is 0.239. The van der Waals surface area contributed by atoms with E-state index in [0.717, 1.165) is 12.1 Å². The minimum atomic E-state index is -3.79. The zero-order valence-corrected chi connectivity index (χ0v) is 12.6. The van der Waals surface area contributed by atoms with Gasteiger partial charge < -0.3 is 0 Å². The Bertz CT molecular complexity index is 632. The molecule has 0 aromatic heterocycles. The van der Waals surface area contributed by atoms with Gasteiger partial charge >= 0.3 is 0 Å². The van der Waals surface area contributed by atoms with Crippen LogP contribution in [0, 0.1) is 27.4 Å². The van der Waals surface area contributed by atoms with Crippen molar-refractivity contribution in [3.05, 3.63) is 34.4 Å². The van der Waals surface area contributed by atoms with Gasteiger partial charge in [0.15, 0.2) is 0 Å². The van der Waals surface area contributed by atoms with Crippen LogP contribution in [-0.4, -0.2) is 19.4 Å². The summed E-state index contributed by atoms with van der Waals surface area (Å²) < 4.78 is 26.8. The van der Waals surface area contributed by atoms with E-state index >= 15 is 0 Å². The SMILES string of the molecule is CC(C)C[C@@H](CC#N)NS(=O)(=O)c1ccc([N+](=O)[O-])cc1. The van der Waals surface area contributed by atoms with Crippen LogP contribution in [0.15, 0.2) is 29.2 Å². The zero-order valence-electron chi connectivity index (χ0n) is 11.8. The van der Waals surface area contributed by atoms with Crippen LogP contribution in [0.5, 0.6) is 0 Å². The molecule has 1 aromatic rings. The number of rotatable bonds is 7. The van der Waals surface area contributed by atoms with Crippen LogP contribution in [-0.2, 0) is 10.0 Å². The van der Waals surface area contributed by atoms with Crippen molar-refractivity contribution in [2.75, 3.05) is 0 Å². The largest absolute Gasteiger partial charge is 0.269 e. The van der Waals surface area contributed by atoms with E-state index in [0.29, 0.717) is 6.42 Å². The number of nitrogens with one attached hydrogen (secondary N) is 1. The highest BCUT2D eigenvalue weighted by atomic mass is 32.2. The van der Waals surface area contributed by atoms with E-state index in [1.54, 1.807) is 0 Å². The molecule has 0 radical (unpaired) electrons. The van der Waals surface area contributed by atoms with Gasteiger partial charge in [-0.25, -0.2) is 13.1 Å². The first-order chi connectivity index (χ1) is 9.76. The minimum absolute atomic E-state index is 0.0557. The molecule has 0 amide bonds. The molecule has 0 saturated carbocycles. The fourth-order valence-corrected chi connectivity index (χ4v) is 3.14. The Morgan fingerprint density at radius 2 is 1.90 bits per heavy atom. The van der Waals surface area contributed by atoms with Gasteiger partial charge in [0.25, 0.3) is 5.69 Å². The lowest BCUT2D eigenvalue weighted by atomic mass is 10.0. The Morgan fingerprint density at radius 3 is 2.33 bits per heavy atom. The normalized spacial score (nSPS) is 12.9. The van der Waals surface area contributed by atoms with Gasteiger partial charge in [-0.05, 0) is 24.5 Å². The second-order valence-electron chi connectivity index (χ2n) is 5.06. The van der Waals surface area contributed by atoms with Gasteiger partial charge in [-0.3, -0.25) is 10.1 Å². The number of benzene rings is 1. The van der Waals surface area contributed by atoms with Gasteiger partial charge in [0.05, 0.1) is 22.3 Å². The molecule has 8 heteroatoms. The summed E-state index contributed by atoms with van der Waals surface area (Å²) in [6.07, 6.45) is 0.615. The van der Waals surface area contributed by atoms with E-state index in [1.807, 2.05) is 19.9 Å². The number of nitrogens with zero attached hydrogens (tertiary/aromatic N) is 2. The molecule has 7 nitrogen and oxygen atoms in total. The number of nitriles is 1. The van der Waals surface area contributed by atoms with Crippen molar-refractivity contribution in [3.8, 4) is 6.07 Å². The topological polar surface area (TPSA) is 113 Å². The fourth-order valence-electron chi connectivity index (χ4n) is 1.89. The van der Waals surface area contributed by atoms with Crippen molar-refractivity contribution in [2.45, 2.75) is 37.6 Å². The average Bonchev–Trinajstić information content (AvgIpc) is 2.37. The lowest BCUT2D eigenvalue weighted by Crippen LogP contribution is -2.35. The lowest BCUT2D eigenvalue weighted by Gasteiger charge is -2.17. The van der Waals surface area contributed by atoms with Crippen molar-refractivity contribution in [1.82, 2.24) is 4.72 Å². The molecule has 0 unspecified atom stereocenters. The number of hydrogen-bond donors (Lipinski definition) is 1. The maximum atomic E-state index is 12.2. The molecule has 1 aromatic carbocycles. The monoisotopic (exact) mass is 311 g/mol. The molecule has 0 aliphatic rings. The summed E-state index contributed by atoms with van der Waals surface area (Å²) in [4.78, 5) is 9.90. The Balaban J connectivity index is 2.93. The molecule has 0 aliphatic carbocycles. The Morgan fingerprint density at radius 1 is 1.33 bits per heavy atom. The van der Waals surface area contributed by atoms with Crippen LogP contribution in [0.4, 0.5) is 5.69 Å². The van der Waals surface area contributed by atoms with Crippen LogP contribution in [0.1, 0.15) is 26.7 Å². The van der Waals surface area contributed by atoms with E-state index < -0.39 is 21.0 Å². The van der Waals surface area contributed by atoms with Gasteiger partial charge in [0, 0.05) is 18.2 Å². The first-order valence-electron chi connectivity index (χ1n) is 6.40. The third-order valence-electron chi connectivity index (χ3n) is 2.77. The van der Waals surface area contributed by atoms with Crippen LogP contribution in [0.3, 0.4) is 0 Å². The second-order valence-corrected chi connectivity index (χ2v) is 6.77. The lowest BCUT2D eigenvalue weighted by molar-refractivity contribution is -0.384. The highest BCUT2D eigenvalue weighted by Crippen LogP contribution is 2.17. The molecule has 0 aliphatic heterocycles. The Hall–Kier alpha value is -1.98. The molecule has 21 heavy (non-hydrogen) atoms. The molecule has 0 heterocycles. The summed E-state index contributed by atoms with van der Waals surface area (Å²) in [6.45, 7) is 3.87. The minimum Gasteiger partial charge on any atom is -0.258 e. The summed E-state index contributed by atoms with van der Waals surface area (Å²) in [7, 11) is -3.79. The first-order valence-corrected chi connectivity index (χ1v) is 7.88. The van der Waals surface area contributed by atoms with Gasteiger partial charge in [-0.2, -0.15) is 5.26 Å². The van der Waals surface area contributed by atoms with Gasteiger partial charge in [0.2, 0.25) is 10.0 Å². The fraction of sp³-hybridized carbons (Fsp3) is 0.462. The molecule has 0 fully saturated rings. The molecule has 1 N–H and O–H groups in total. The highest BCUT2D eigenvalue weighted by molar-refractivity contribution is 7.89. The smallest absolute Gasteiger partial charge is 0.258 e. The summed E-state index contributed by atoms with van der Waals surface area (Å²) >= 11 is 0. The third kappa shape index (κ3) is 5.13. The van der Waals surface area contributed by atoms with Gasteiger partial charge in [-0.1, -0.05) is 13.8 Å². The maximum Gasteiger partial charge on any atom is 0.269 e. The Kier molecular flexibility index (Phi) is 5.81. The standard InChI is InChI=1S/C13H17N3O4S/c1-10(2)9-11(7-8-14)15-21(19,20)13-5-3-12(4-6-13)16(17)18/h3-6,10-11,15H,7,9H2,1-2H3/t11-/m1/s1. The maximum absolute atomic E-state index is 12.2. The van der Waals surface area contributed by atoms with E-state index in [-0.39, 0.29) is 22.9 Å². The van der Waals surface area contributed by atoms with Crippen LogP contribution >= 0.6 is 0 Å². The molecular weight excluding hydrogens is 294 g/mol. The van der Waals surface area contributed by atoms with Crippen molar-refractivity contribution < 1.29 is 13.3 Å². The summed E-state index contributed by atoms with van der Waals surface area (Å²) in [5, 5.41) is 19.3. The summed E-state index contributed by atoms with van der Waals surface area (Å²) in [6, 6.07) is 6.11. The molecule has 0 saturated heterocycles. The van der Waals surface area contributed by atoms with Crippen LogP contribution in [0.25, 0.3) is 0 Å². The van der Waals surface area contributed by atoms with E-state index in [2.05, 4.69) is 4.72 Å². The predicted octanol–water partition coefficient (Wildman–Crippen LogP) is 2.20. The first kappa shape index (κ1) is 17.1. The molecule has 0 spiro atoms. The molecule has 0 bridgehead atoms. The van der Waals surface area contributed by atoms with Crippen molar-refractivity contribution in [1.29, 1.82) is 5.26 Å². The predicted molar refractivity (Wildman–Crippen MR) is 76.9 cm³/mol. The number of nitro benzene ring substituents is 1. The molecule has 1 atom stereocenters. The van der Waals surface area contributed by atoms with Crippen molar-refractivity contribution in [3.63, 3.8) is 0 Å². The number of hydrogen-bond acceptors (Lipinski definition) is 5. The van der Waals surface area contributed by atoms with E-state index in [9.17, 15) is 18.5 Å². The number of sulfonamides is 1. The average molecular weight is 311 g/mol. The zero-order chi connectivity index (χ0) is 16.0. The number of non-ortho nitro benzene ring substituents is 1. The van der Waals surface area contributed by atoms with Crippen LogP contribution < -0.4 is 4.72 Å². The van der Waals surface area contributed by atoms with Crippen molar-refractivity contribution in [2.24, 2.45) is 5.92 Å². The number of nitro groups is 1. The van der Waals surface area contributed by atoms with E-state index in [1.165, 1.54) is 12.1 Å². The quantitative estimate of drug-likeness (QED) is 0.612. The second kappa shape index (κ2) is 7.15. The van der Waals surface area contributed by atoms with E-state index in [4.69, 9.17) is 5.26 Å². The van der Waals surface area contributed by atoms with Gasteiger partial charge in [-0.15, -0.1) is 0 Å². The molecule has 1 rings (SSSR count). The summed E-state index contributed by atoms with van der Waals surface area (Å²) in [5.41, 5.74) is -0.176. The Labute approximate surface area is 123 Å².